The molecular weight excluding hydrogens is 230 g/mol. The van der Waals surface area contributed by atoms with Crippen LogP contribution in [0.15, 0.2) is 12.1 Å². The number of aromatic nitrogens is 2. The molecule has 1 amide bonds. The molecule has 0 aliphatic carbocycles. The Morgan fingerprint density at radius 3 is 2.56 bits per heavy atom. The number of carbonyl (C=O) groups is 1. The number of hydrogen-bond acceptors (Lipinski definition) is 5. The summed E-state index contributed by atoms with van der Waals surface area (Å²) in [5.41, 5.74) is 5.82. The fraction of sp³-hybridized carbons (Fsp3) is 0.583. The van der Waals surface area contributed by atoms with Crippen molar-refractivity contribution in [3.63, 3.8) is 0 Å². The molecule has 96 valence electrons. The Labute approximate surface area is 106 Å². The number of piperidine rings is 1. The molecule has 2 saturated heterocycles. The van der Waals surface area contributed by atoms with Gasteiger partial charge in [0.25, 0.3) is 5.91 Å². The summed E-state index contributed by atoms with van der Waals surface area (Å²) in [6.07, 6.45) is 2.46. The minimum Gasteiger partial charge on any atom is -0.364 e. The topological polar surface area (TPSA) is 84.1 Å². The second kappa shape index (κ2) is 4.20. The zero-order valence-corrected chi connectivity index (χ0v) is 10.2. The molecule has 6 heteroatoms. The first-order valence-electron chi connectivity index (χ1n) is 6.28. The summed E-state index contributed by atoms with van der Waals surface area (Å²) >= 11 is 0. The van der Waals surface area contributed by atoms with E-state index < -0.39 is 5.91 Å². The van der Waals surface area contributed by atoms with Crippen LogP contribution in [0.5, 0.6) is 0 Å². The molecule has 3 heterocycles. The molecule has 0 saturated carbocycles. The predicted molar refractivity (Wildman–Crippen MR) is 67.3 cm³/mol. The van der Waals surface area contributed by atoms with Gasteiger partial charge in [0, 0.05) is 18.5 Å². The predicted octanol–water partition coefficient (Wildman–Crippen LogP) is -0.235. The first kappa shape index (κ1) is 11.4. The van der Waals surface area contributed by atoms with Crippen molar-refractivity contribution in [3.8, 4) is 0 Å². The highest BCUT2D eigenvalue weighted by atomic mass is 16.1. The molecule has 18 heavy (non-hydrogen) atoms. The van der Waals surface area contributed by atoms with Crippen LogP contribution in [0.25, 0.3) is 0 Å². The van der Waals surface area contributed by atoms with Crippen molar-refractivity contribution in [2.45, 2.75) is 12.8 Å². The largest absolute Gasteiger partial charge is 0.364 e. The smallest absolute Gasteiger partial charge is 0.269 e. The van der Waals surface area contributed by atoms with Gasteiger partial charge in [0.2, 0.25) is 0 Å². The van der Waals surface area contributed by atoms with Gasteiger partial charge in [-0.1, -0.05) is 0 Å². The summed E-state index contributed by atoms with van der Waals surface area (Å²) < 4.78 is 0. The third kappa shape index (κ3) is 1.92. The molecule has 0 radical (unpaired) electrons. The molecule has 0 bridgehead atoms. The Morgan fingerprint density at radius 2 is 2.00 bits per heavy atom. The van der Waals surface area contributed by atoms with E-state index in [9.17, 15) is 4.79 Å². The van der Waals surface area contributed by atoms with Crippen molar-refractivity contribution in [1.29, 1.82) is 0 Å². The fourth-order valence-electron chi connectivity index (χ4n) is 2.82. The number of carbonyl (C=O) groups excluding carboxylic acids is 1. The first-order chi connectivity index (χ1) is 8.69. The molecule has 1 spiro atoms. The van der Waals surface area contributed by atoms with Gasteiger partial charge in [0.15, 0.2) is 11.5 Å². The minimum atomic E-state index is -0.535. The molecule has 1 aromatic heterocycles. The lowest BCUT2D eigenvalue weighted by atomic mass is 9.72. The lowest BCUT2D eigenvalue weighted by molar-refractivity contribution is 0.0994. The number of amides is 1. The summed E-state index contributed by atoms with van der Waals surface area (Å²) in [4.78, 5) is 13.1. The van der Waals surface area contributed by atoms with Gasteiger partial charge in [-0.3, -0.25) is 4.79 Å². The van der Waals surface area contributed by atoms with Crippen LogP contribution in [-0.2, 0) is 0 Å². The number of hydrogen-bond donors (Lipinski definition) is 2. The molecule has 2 fully saturated rings. The highest BCUT2D eigenvalue weighted by molar-refractivity contribution is 5.90. The Hall–Kier alpha value is -1.69. The molecule has 6 nitrogen and oxygen atoms in total. The summed E-state index contributed by atoms with van der Waals surface area (Å²) in [7, 11) is 0. The van der Waals surface area contributed by atoms with Crippen LogP contribution in [-0.4, -0.2) is 42.3 Å². The Balaban J connectivity index is 1.65. The maximum Gasteiger partial charge on any atom is 0.269 e. The fourth-order valence-corrected chi connectivity index (χ4v) is 2.82. The van der Waals surface area contributed by atoms with Gasteiger partial charge in [-0.05, 0) is 38.1 Å². The minimum absolute atomic E-state index is 0.218. The van der Waals surface area contributed by atoms with Crippen LogP contribution in [0.2, 0.25) is 0 Å². The SMILES string of the molecule is NC(=O)c1ccc(N2CC3(CCNCC3)C2)nn1. The van der Waals surface area contributed by atoms with Gasteiger partial charge in [-0.25, -0.2) is 0 Å². The average molecular weight is 247 g/mol. The van der Waals surface area contributed by atoms with E-state index in [1.54, 1.807) is 6.07 Å². The van der Waals surface area contributed by atoms with Gasteiger partial charge in [-0.2, -0.15) is 0 Å². The summed E-state index contributed by atoms with van der Waals surface area (Å²) in [6, 6.07) is 3.46. The van der Waals surface area contributed by atoms with E-state index >= 15 is 0 Å². The van der Waals surface area contributed by atoms with Crippen molar-refractivity contribution in [2.24, 2.45) is 11.1 Å². The van der Waals surface area contributed by atoms with E-state index in [1.165, 1.54) is 12.8 Å². The maximum atomic E-state index is 10.9. The number of nitrogens with one attached hydrogen (secondary N) is 1. The number of nitrogens with two attached hydrogens (primary N) is 1. The summed E-state index contributed by atoms with van der Waals surface area (Å²) in [5.74, 6) is 0.302. The van der Waals surface area contributed by atoms with Crippen LogP contribution >= 0.6 is 0 Å². The van der Waals surface area contributed by atoms with Crippen molar-refractivity contribution in [3.05, 3.63) is 17.8 Å². The van der Waals surface area contributed by atoms with E-state index in [-0.39, 0.29) is 5.69 Å². The van der Waals surface area contributed by atoms with E-state index in [4.69, 9.17) is 5.73 Å². The van der Waals surface area contributed by atoms with Gasteiger partial charge in [-0.15, -0.1) is 10.2 Å². The third-order valence-corrected chi connectivity index (χ3v) is 3.94. The van der Waals surface area contributed by atoms with Crippen LogP contribution in [0.1, 0.15) is 23.3 Å². The summed E-state index contributed by atoms with van der Waals surface area (Å²) in [5, 5.41) is 11.3. The second-order valence-electron chi connectivity index (χ2n) is 5.25. The lowest BCUT2D eigenvalue weighted by Crippen LogP contribution is -2.60. The molecule has 2 aliphatic rings. The van der Waals surface area contributed by atoms with E-state index in [0.717, 1.165) is 32.0 Å². The average Bonchev–Trinajstić information content (AvgIpc) is 2.37. The zero-order chi connectivity index (χ0) is 12.6. The normalized spacial score (nSPS) is 21.7. The van der Waals surface area contributed by atoms with Crippen molar-refractivity contribution < 1.29 is 4.79 Å². The van der Waals surface area contributed by atoms with Crippen molar-refractivity contribution in [2.75, 3.05) is 31.1 Å². The number of nitrogens with zero attached hydrogens (tertiary/aromatic N) is 3. The molecule has 0 atom stereocenters. The Kier molecular flexibility index (Phi) is 2.66. The third-order valence-electron chi connectivity index (χ3n) is 3.94. The monoisotopic (exact) mass is 247 g/mol. The van der Waals surface area contributed by atoms with Crippen LogP contribution in [0, 0.1) is 5.41 Å². The first-order valence-corrected chi connectivity index (χ1v) is 6.28. The van der Waals surface area contributed by atoms with Gasteiger partial charge in [0.1, 0.15) is 0 Å². The molecule has 0 aromatic carbocycles. The molecule has 1 aromatic rings. The van der Waals surface area contributed by atoms with E-state index in [2.05, 4.69) is 20.4 Å². The van der Waals surface area contributed by atoms with Gasteiger partial charge < -0.3 is 16.0 Å². The molecule has 0 unspecified atom stereocenters. The number of anilines is 1. The van der Waals surface area contributed by atoms with Gasteiger partial charge in [0.05, 0.1) is 0 Å². The zero-order valence-electron chi connectivity index (χ0n) is 10.2. The van der Waals surface area contributed by atoms with Crippen LogP contribution in [0.4, 0.5) is 5.82 Å². The standard InChI is InChI=1S/C12H17N5O/c13-11(18)9-1-2-10(16-15-9)17-7-12(8-17)3-5-14-6-4-12/h1-2,14H,3-8H2,(H2,13,18). The molecule has 3 N–H and O–H groups in total. The molecule has 2 aliphatic heterocycles. The lowest BCUT2D eigenvalue weighted by Gasteiger charge is -2.52. The molecular formula is C12H17N5O. The van der Waals surface area contributed by atoms with Crippen LogP contribution < -0.4 is 16.0 Å². The van der Waals surface area contributed by atoms with Crippen molar-refractivity contribution in [1.82, 2.24) is 15.5 Å². The summed E-state index contributed by atoms with van der Waals surface area (Å²) in [6.45, 7) is 4.30. The number of rotatable bonds is 2. The number of primary amides is 1. The molecule has 3 rings (SSSR count). The maximum absolute atomic E-state index is 10.9. The highest BCUT2D eigenvalue weighted by Gasteiger charge is 2.43. The Morgan fingerprint density at radius 1 is 1.28 bits per heavy atom. The van der Waals surface area contributed by atoms with E-state index in [0.29, 0.717) is 5.41 Å². The quantitative estimate of drug-likeness (QED) is 0.754. The van der Waals surface area contributed by atoms with Crippen LogP contribution in [0.3, 0.4) is 0 Å². The van der Waals surface area contributed by atoms with Gasteiger partial charge >= 0.3 is 0 Å². The highest BCUT2D eigenvalue weighted by Crippen LogP contribution is 2.40. The van der Waals surface area contributed by atoms with Crippen molar-refractivity contribution >= 4 is 11.7 Å². The Bertz CT molecular complexity index is 444. The van der Waals surface area contributed by atoms with E-state index in [1.807, 2.05) is 6.07 Å². The second-order valence-corrected chi connectivity index (χ2v) is 5.25.